The smallest absolute Gasteiger partial charge is 0.0991 e. The first-order valence-corrected chi connectivity index (χ1v) is 7.60. The van der Waals surface area contributed by atoms with Gasteiger partial charge in [-0.15, -0.1) is 0 Å². The van der Waals surface area contributed by atoms with Gasteiger partial charge in [0.2, 0.25) is 0 Å². The molecule has 0 aliphatic carbocycles. The summed E-state index contributed by atoms with van der Waals surface area (Å²) in [5.41, 5.74) is 4.43. The standard InChI is InChI=1S/C17H18N6O/c1-22-11-15(9-19-16-10-20-23(12-16)6-7-24)17(21-22)14-4-2-13(8-18)3-5-14/h2-5,10-12,19,24H,6-7,9H2,1H3. The highest BCUT2D eigenvalue weighted by Crippen LogP contribution is 2.23. The predicted octanol–water partition coefficient (Wildman–Crippen LogP) is 1.76. The summed E-state index contributed by atoms with van der Waals surface area (Å²) in [6.07, 6.45) is 5.56. The number of aryl methyl sites for hydroxylation is 1. The number of nitrogens with one attached hydrogen (secondary N) is 1. The summed E-state index contributed by atoms with van der Waals surface area (Å²) < 4.78 is 3.47. The molecule has 24 heavy (non-hydrogen) atoms. The molecule has 7 heteroatoms. The van der Waals surface area contributed by atoms with Crippen LogP contribution in [0.4, 0.5) is 5.69 Å². The van der Waals surface area contributed by atoms with Crippen LogP contribution in [0, 0.1) is 11.3 Å². The first-order chi connectivity index (χ1) is 11.7. The summed E-state index contributed by atoms with van der Waals surface area (Å²) in [7, 11) is 1.88. The molecule has 7 nitrogen and oxygen atoms in total. The highest BCUT2D eigenvalue weighted by molar-refractivity contribution is 5.64. The molecular weight excluding hydrogens is 304 g/mol. The molecule has 0 spiro atoms. The molecule has 1 aromatic carbocycles. The molecule has 122 valence electrons. The number of aliphatic hydroxyl groups excluding tert-OH is 1. The second-order valence-electron chi connectivity index (χ2n) is 5.44. The number of aliphatic hydroxyl groups is 1. The Morgan fingerprint density at radius 3 is 2.75 bits per heavy atom. The molecule has 0 radical (unpaired) electrons. The zero-order chi connectivity index (χ0) is 16.9. The fraction of sp³-hybridized carbons (Fsp3) is 0.235. The zero-order valence-corrected chi connectivity index (χ0v) is 13.3. The van der Waals surface area contributed by atoms with Crippen molar-refractivity contribution >= 4 is 5.69 Å². The normalized spacial score (nSPS) is 10.5. The van der Waals surface area contributed by atoms with Crippen LogP contribution in [0.5, 0.6) is 0 Å². The van der Waals surface area contributed by atoms with Crippen LogP contribution >= 0.6 is 0 Å². The van der Waals surface area contributed by atoms with Crippen LogP contribution in [0.2, 0.25) is 0 Å². The van der Waals surface area contributed by atoms with E-state index >= 15 is 0 Å². The average molecular weight is 322 g/mol. The second-order valence-corrected chi connectivity index (χ2v) is 5.44. The first kappa shape index (κ1) is 15.8. The van der Waals surface area contributed by atoms with Crippen LogP contribution in [0.3, 0.4) is 0 Å². The van der Waals surface area contributed by atoms with E-state index in [9.17, 15) is 0 Å². The maximum atomic E-state index is 8.93. The van der Waals surface area contributed by atoms with E-state index in [1.165, 1.54) is 0 Å². The van der Waals surface area contributed by atoms with Crippen molar-refractivity contribution in [1.29, 1.82) is 5.26 Å². The third-order valence-electron chi connectivity index (χ3n) is 3.64. The molecule has 3 rings (SSSR count). The lowest BCUT2D eigenvalue weighted by molar-refractivity contribution is 0.269. The number of hydrogen-bond donors (Lipinski definition) is 2. The van der Waals surface area contributed by atoms with Crippen molar-refractivity contribution in [2.45, 2.75) is 13.1 Å². The Balaban J connectivity index is 1.77. The Labute approximate surface area is 139 Å². The van der Waals surface area contributed by atoms with Gasteiger partial charge in [0.05, 0.1) is 42.4 Å². The molecule has 2 aromatic heterocycles. The van der Waals surface area contributed by atoms with Gasteiger partial charge in [-0.25, -0.2) is 0 Å². The third kappa shape index (κ3) is 3.45. The first-order valence-electron chi connectivity index (χ1n) is 7.60. The molecule has 0 unspecified atom stereocenters. The second kappa shape index (κ2) is 6.98. The highest BCUT2D eigenvalue weighted by Gasteiger charge is 2.10. The Morgan fingerprint density at radius 2 is 2.04 bits per heavy atom. The lowest BCUT2D eigenvalue weighted by Crippen LogP contribution is -2.02. The number of benzene rings is 1. The molecule has 0 saturated heterocycles. The van der Waals surface area contributed by atoms with Crippen LogP contribution in [0.15, 0.2) is 42.9 Å². The molecule has 0 aliphatic heterocycles. The fourth-order valence-electron chi connectivity index (χ4n) is 2.49. The number of aromatic nitrogens is 4. The van der Waals surface area contributed by atoms with Crippen molar-refractivity contribution in [3.8, 4) is 17.3 Å². The molecule has 0 atom stereocenters. The summed E-state index contributed by atoms with van der Waals surface area (Å²) in [6, 6.07) is 9.52. The quantitative estimate of drug-likeness (QED) is 0.721. The van der Waals surface area contributed by atoms with E-state index in [2.05, 4.69) is 21.6 Å². The van der Waals surface area contributed by atoms with Gasteiger partial charge in [-0.05, 0) is 12.1 Å². The largest absolute Gasteiger partial charge is 0.394 e. The van der Waals surface area contributed by atoms with Gasteiger partial charge in [0, 0.05) is 37.1 Å². The van der Waals surface area contributed by atoms with E-state index in [1.807, 2.05) is 31.6 Å². The highest BCUT2D eigenvalue weighted by atomic mass is 16.3. The average Bonchev–Trinajstić information content (AvgIpc) is 3.20. The minimum Gasteiger partial charge on any atom is -0.394 e. The van der Waals surface area contributed by atoms with Crippen molar-refractivity contribution in [2.75, 3.05) is 11.9 Å². The number of anilines is 1. The number of nitriles is 1. The van der Waals surface area contributed by atoms with Crippen molar-refractivity contribution < 1.29 is 5.11 Å². The SMILES string of the molecule is Cn1cc(CNc2cnn(CCO)c2)c(-c2ccc(C#N)cc2)n1. The molecule has 0 aliphatic rings. The zero-order valence-electron chi connectivity index (χ0n) is 13.3. The number of nitrogens with zero attached hydrogens (tertiary/aromatic N) is 5. The molecule has 0 saturated carbocycles. The molecule has 3 aromatic rings. The Kier molecular flexibility index (Phi) is 4.59. The van der Waals surface area contributed by atoms with Crippen molar-refractivity contribution in [1.82, 2.24) is 19.6 Å². The molecule has 0 bridgehead atoms. The van der Waals surface area contributed by atoms with Crippen molar-refractivity contribution in [3.05, 3.63) is 54.0 Å². The van der Waals surface area contributed by atoms with E-state index in [0.717, 1.165) is 22.5 Å². The molecule has 2 heterocycles. The third-order valence-corrected chi connectivity index (χ3v) is 3.64. The Hall–Kier alpha value is -3.11. The van der Waals surface area contributed by atoms with Gasteiger partial charge < -0.3 is 10.4 Å². The monoisotopic (exact) mass is 322 g/mol. The summed E-state index contributed by atoms with van der Waals surface area (Å²) >= 11 is 0. The Morgan fingerprint density at radius 1 is 1.25 bits per heavy atom. The molecule has 2 N–H and O–H groups in total. The summed E-state index contributed by atoms with van der Waals surface area (Å²) in [5.74, 6) is 0. The van der Waals surface area contributed by atoms with Gasteiger partial charge in [-0.2, -0.15) is 15.5 Å². The van der Waals surface area contributed by atoms with Gasteiger partial charge in [0.25, 0.3) is 0 Å². The summed E-state index contributed by atoms with van der Waals surface area (Å²) in [6.45, 7) is 1.14. The minimum absolute atomic E-state index is 0.0621. The maximum Gasteiger partial charge on any atom is 0.0991 e. The van der Waals surface area contributed by atoms with Gasteiger partial charge in [0.15, 0.2) is 0 Å². The Bertz CT molecular complexity index is 856. The van der Waals surface area contributed by atoms with Crippen LogP contribution in [-0.2, 0) is 20.1 Å². The topological polar surface area (TPSA) is 91.7 Å². The van der Waals surface area contributed by atoms with Gasteiger partial charge in [-0.1, -0.05) is 12.1 Å². The summed E-state index contributed by atoms with van der Waals surface area (Å²) in [5, 5.41) is 29.8. The van der Waals surface area contributed by atoms with Crippen molar-refractivity contribution in [3.63, 3.8) is 0 Å². The summed E-state index contributed by atoms with van der Waals surface area (Å²) in [4.78, 5) is 0. The van der Waals surface area contributed by atoms with Crippen LogP contribution in [0.1, 0.15) is 11.1 Å². The van der Waals surface area contributed by atoms with Crippen LogP contribution in [-0.4, -0.2) is 31.3 Å². The van der Waals surface area contributed by atoms with Gasteiger partial charge in [0.1, 0.15) is 0 Å². The van der Waals surface area contributed by atoms with E-state index < -0.39 is 0 Å². The fourth-order valence-corrected chi connectivity index (χ4v) is 2.49. The van der Waals surface area contributed by atoms with E-state index in [1.54, 1.807) is 27.7 Å². The number of hydrogen-bond acceptors (Lipinski definition) is 5. The van der Waals surface area contributed by atoms with Gasteiger partial charge in [-0.3, -0.25) is 9.36 Å². The molecule has 0 fully saturated rings. The van der Waals surface area contributed by atoms with E-state index in [0.29, 0.717) is 18.7 Å². The lowest BCUT2D eigenvalue weighted by atomic mass is 10.1. The van der Waals surface area contributed by atoms with E-state index in [-0.39, 0.29) is 6.61 Å². The lowest BCUT2D eigenvalue weighted by Gasteiger charge is -2.04. The minimum atomic E-state index is 0.0621. The van der Waals surface area contributed by atoms with Crippen molar-refractivity contribution in [2.24, 2.45) is 7.05 Å². The van der Waals surface area contributed by atoms with Gasteiger partial charge >= 0.3 is 0 Å². The maximum absolute atomic E-state index is 8.93. The predicted molar refractivity (Wildman–Crippen MR) is 90.0 cm³/mol. The number of rotatable bonds is 6. The van der Waals surface area contributed by atoms with Crippen LogP contribution < -0.4 is 5.32 Å². The molecular formula is C17H18N6O. The van der Waals surface area contributed by atoms with E-state index in [4.69, 9.17) is 10.4 Å². The van der Waals surface area contributed by atoms with Crippen LogP contribution in [0.25, 0.3) is 11.3 Å². The molecule has 0 amide bonds.